The predicted octanol–water partition coefficient (Wildman–Crippen LogP) is 2.79. The lowest BCUT2D eigenvalue weighted by molar-refractivity contribution is 0.0616. The Morgan fingerprint density at radius 2 is 2.11 bits per heavy atom. The first-order valence-corrected chi connectivity index (χ1v) is 9.40. The van der Waals surface area contributed by atoms with Gasteiger partial charge in [-0.05, 0) is 38.0 Å². The number of rotatable bonds is 9. The van der Waals surface area contributed by atoms with Crippen LogP contribution in [0, 0.1) is 0 Å². The number of nitrogens with one attached hydrogen (secondary N) is 2. The van der Waals surface area contributed by atoms with Crippen molar-refractivity contribution in [1.29, 1.82) is 0 Å². The summed E-state index contributed by atoms with van der Waals surface area (Å²) < 4.78 is 7.35. The van der Waals surface area contributed by atoms with Crippen LogP contribution in [0.4, 0.5) is 0 Å². The molecule has 8 heteroatoms. The molecule has 1 heterocycles. The van der Waals surface area contributed by atoms with Crippen molar-refractivity contribution in [3.8, 4) is 5.75 Å². The first kappa shape index (κ1) is 24.2. The molecule has 0 bridgehead atoms. The molecule has 0 radical (unpaired) electrons. The molecular weight excluding hydrogens is 469 g/mol. The minimum atomic E-state index is -1.04. The molecule has 2 rings (SSSR count). The molecule has 1 aromatic carbocycles. The minimum Gasteiger partial charge on any atom is -0.494 e. The van der Waals surface area contributed by atoms with Crippen molar-refractivity contribution in [2.24, 2.45) is 12.0 Å². The Labute approximate surface area is 184 Å². The molecule has 1 aromatic heterocycles. The van der Waals surface area contributed by atoms with E-state index in [9.17, 15) is 5.11 Å². The van der Waals surface area contributed by atoms with E-state index >= 15 is 0 Å². The maximum Gasteiger partial charge on any atom is 0.191 e. The number of ether oxygens (including phenoxy) is 1. The van der Waals surface area contributed by atoms with Crippen molar-refractivity contribution in [3.63, 3.8) is 0 Å². The summed E-state index contributed by atoms with van der Waals surface area (Å²) in [5.74, 6) is 1.52. The highest BCUT2D eigenvalue weighted by Gasteiger charge is 2.24. The Bertz CT molecular complexity index is 746. The lowest BCUT2D eigenvalue weighted by atomic mass is 10.00. The third-order valence-electron chi connectivity index (χ3n) is 4.06. The monoisotopic (exact) mass is 501 g/mol. The molecular formula is C20H32IN5O2. The van der Waals surface area contributed by atoms with Crippen LogP contribution in [-0.4, -0.2) is 40.5 Å². The zero-order valence-corrected chi connectivity index (χ0v) is 19.4. The van der Waals surface area contributed by atoms with Crippen LogP contribution >= 0.6 is 24.0 Å². The van der Waals surface area contributed by atoms with Gasteiger partial charge >= 0.3 is 0 Å². The summed E-state index contributed by atoms with van der Waals surface area (Å²) in [7, 11) is 1.83. The molecule has 1 atom stereocenters. The summed E-state index contributed by atoms with van der Waals surface area (Å²) in [6.07, 6.45) is 4.47. The Morgan fingerprint density at radius 1 is 1.32 bits per heavy atom. The van der Waals surface area contributed by atoms with Crippen LogP contribution < -0.4 is 15.4 Å². The average molecular weight is 501 g/mol. The van der Waals surface area contributed by atoms with E-state index in [1.54, 1.807) is 17.8 Å². The highest BCUT2D eigenvalue weighted by Crippen LogP contribution is 2.18. The van der Waals surface area contributed by atoms with Gasteiger partial charge in [-0.2, -0.15) is 5.10 Å². The average Bonchev–Trinajstić information content (AvgIpc) is 3.10. The fourth-order valence-corrected chi connectivity index (χ4v) is 2.52. The molecule has 0 aliphatic carbocycles. The summed E-state index contributed by atoms with van der Waals surface area (Å²) in [6.45, 7) is 8.15. The third-order valence-corrected chi connectivity index (χ3v) is 4.06. The summed E-state index contributed by atoms with van der Waals surface area (Å²) >= 11 is 0. The number of nitrogens with zero attached hydrogens (tertiary/aromatic N) is 3. The molecule has 0 spiro atoms. The second kappa shape index (κ2) is 11.9. The molecule has 0 saturated heterocycles. The van der Waals surface area contributed by atoms with Gasteiger partial charge < -0.3 is 20.5 Å². The predicted molar refractivity (Wildman–Crippen MR) is 123 cm³/mol. The summed E-state index contributed by atoms with van der Waals surface area (Å²) in [6, 6.07) is 7.97. The van der Waals surface area contributed by atoms with E-state index in [2.05, 4.69) is 27.6 Å². The molecule has 3 N–H and O–H groups in total. The number of aliphatic imine (C=N–C) groups is 1. The number of hydrogen-bond acceptors (Lipinski definition) is 4. The van der Waals surface area contributed by atoms with Gasteiger partial charge in [0.15, 0.2) is 5.96 Å². The quantitative estimate of drug-likeness (QED) is 0.280. The number of aromatic nitrogens is 2. The minimum absolute atomic E-state index is 0. The number of aliphatic hydroxyl groups is 1. The van der Waals surface area contributed by atoms with Crippen molar-refractivity contribution >= 4 is 29.9 Å². The zero-order valence-electron chi connectivity index (χ0n) is 17.1. The molecule has 1 unspecified atom stereocenters. The summed E-state index contributed by atoms with van der Waals surface area (Å²) in [5.41, 5.74) is 0.784. The van der Waals surface area contributed by atoms with Gasteiger partial charge in [-0.1, -0.05) is 19.1 Å². The summed E-state index contributed by atoms with van der Waals surface area (Å²) in [4.78, 5) is 4.61. The standard InChI is InChI=1S/C20H31N5O2.HI/c1-5-10-27-18-9-7-8-16(11-18)12-22-19(21-6-2)23-15-20(3,26)17-13-24-25(4)14-17;/h7-9,11,13-14,26H,5-6,10,12,15H2,1-4H3,(H2,21,22,23);1H. The van der Waals surface area contributed by atoms with Crippen molar-refractivity contribution in [3.05, 3.63) is 47.8 Å². The number of hydrogen-bond donors (Lipinski definition) is 3. The molecule has 0 aliphatic rings. The third kappa shape index (κ3) is 7.67. The van der Waals surface area contributed by atoms with Crippen LogP contribution in [0.25, 0.3) is 0 Å². The van der Waals surface area contributed by atoms with Crippen LogP contribution in [0.2, 0.25) is 0 Å². The molecule has 0 amide bonds. The molecule has 7 nitrogen and oxygen atoms in total. The molecule has 0 saturated carbocycles. The number of benzene rings is 1. The number of aryl methyl sites for hydroxylation is 1. The van der Waals surface area contributed by atoms with Crippen molar-refractivity contribution in [1.82, 2.24) is 20.4 Å². The summed E-state index contributed by atoms with van der Waals surface area (Å²) in [5, 5.41) is 21.2. The molecule has 28 heavy (non-hydrogen) atoms. The maximum absolute atomic E-state index is 10.7. The van der Waals surface area contributed by atoms with Gasteiger partial charge in [-0.3, -0.25) is 4.68 Å². The lowest BCUT2D eigenvalue weighted by Crippen LogP contribution is -2.44. The molecule has 156 valence electrons. The largest absolute Gasteiger partial charge is 0.494 e. The number of guanidine groups is 1. The highest BCUT2D eigenvalue weighted by atomic mass is 127. The van der Waals surface area contributed by atoms with E-state index in [1.807, 2.05) is 44.4 Å². The van der Waals surface area contributed by atoms with Gasteiger partial charge in [-0.25, -0.2) is 4.99 Å². The highest BCUT2D eigenvalue weighted by molar-refractivity contribution is 14.0. The molecule has 2 aromatic rings. The Morgan fingerprint density at radius 3 is 2.75 bits per heavy atom. The van der Waals surface area contributed by atoms with E-state index in [1.165, 1.54) is 0 Å². The Balaban J connectivity index is 0.00000392. The Kier molecular flexibility index (Phi) is 10.3. The van der Waals surface area contributed by atoms with Crippen molar-refractivity contribution in [2.75, 3.05) is 19.7 Å². The SMILES string of the molecule is CCCOc1cccc(CN=C(NCC)NCC(C)(O)c2cnn(C)c2)c1.I. The Hall–Kier alpha value is -1.81. The number of halogens is 1. The van der Waals surface area contributed by atoms with Gasteiger partial charge in [0.2, 0.25) is 0 Å². The fraction of sp³-hybridized carbons (Fsp3) is 0.500. The van der Waals surface area contributed by atoms with Crippen LogP contribution in [0.5, 0.6) is 5.75 Å². The first-order valence-electron chi connectivity index (χ1n) is 9.40. The van der Waals surface area contributed by atoms with E-state index in [0.29, 0.717) is 25.7 Å². The zero-order chi connectivity index (χ0) is 19.7. The second-order valence-electron chi connectivity index (χ2n) is 6.72. The normalized spacial score (nSPS) is 13.4. The fourth-order valence-electron chi connectivity index (χ4n) is 2.52. The molecule has 0 fully saturated rings. The maximum atomic E-state index is 10.7. The van der Waals surface area contributed by atoms with E-state index < -0.39 is 5.60 Å². The lowest BCUT2D eigenvalue weighted by Gasteiger charge is -2.23. The van der Waals surface area contributed by atoms with E-state index in [0.717, 1.165) is 29.8 Å². The van der Waals surface area contributed by atoms with Crippen LogP contribution in [0.15, 0.2) is 41.7 Å². The van der Waals surface area contributed by atoms with Gasteiger partial charge in [-0.15, -0.1) is 24.0 Å². The van der Waals surface area contributed by atoms with Crippen LogP contribution in [0.1, 0.15) is 38.3 Å². The van der Waals surface area contributed by atoms with Crippen molar-refractivity contribution < 1.29 is 9.84 Å². The molecule has 0 aliphatic heterocycles. The van der Waals surface area contributed by atoms with Gasteiger partial charge in [0.05, 0.1) is 25.9 Å². The van der Waals surface area contributed by atoms with Crippen molar-refractivity contribution in [2.45, 2.75) is 39.3 Å². The van der Waals surface area contributed by atoms with E-state index in [4.69, 9.17) is 4.74 Å². The topological polar surface area (TPSA) is 83.7 Å². The van der Waals surface area contributed by atoms with Crippen LogP contribution in [0.3, 0.4) is 0 Å². The first-order chi connectivity index (χ1) is 12.9. The van der Waals surface area contributed by atoms with Gasteiger partial charge in [0, 0.05) is 25.4 Å². The van der Waals surface area contributed by atoms with E-state index in [-0.39, 0.29) is 24.0 Å². The second-order valence-corrected chi connectivity index (χ2v) is 6.72. The van der Waals surface area contributed by atoms with Gasteiger partial charge in [0.1, 0.15) is 11.4 Å². The van der Waals surface area contributed by atoms with Crippen LogP contribution in [-0.2, 0) is 19.2 Å². The smallest absolute Gasteiger partial charge is 0.191 e. The van der Waals surface area contributed by atoms with Gasteiger partial charge in [0.25, 0.3) is 0 Å².